The van der Waals surface area contributed by atoms with Gasteiger partial charge in [0.1, 0.15) is 11.2 Å². The van der Waals surface area contributed by atoms with Crippen LogP contribution < -0.4 is 5.63 Å². The summed E-state index contributed by atoms with van der Waals surface area (Å²) < 4.78 is 51.2. The Hall–Kier alpha value is -3.65. The maximum Gasteiger partial charge on any atom is 0.416 e. The lowest BCUT2D eigenvalue weighted by atomic mass is 9.96. The number of fused-ring (bicyclic) bond motifs is 3. The first kappa shape index (κ1) is 22.2. The summed E-state index contributed by atoms with van der Waals surface area (Å²) in [4.78, 5) is 25.6. The molecule has 0 aliphatic rings. The molecule has 34 heavy (non-hydrogen) atoms. The van der Waals surface area contributed by atoms with Gasteiger partial charge in [0.25, 0.3) is 0 Å². The molecule has 0 atom stereocenters. The predicted octanol–water partition coefficient (Wildman–Crippen LogP) is 7.53. The van der Waals surface area contributed by atoms with Crippen molar-refractivity contribution in [2.24, 2.45) is 0 Å². The van der Waals surface area contributed by atoms with E-state index < -0.39 is 23.1 Å². The Morgan fingerprint density at radius 1 is 0.912 bits per heavy atom. The summed E-state index contributed by atoms with van der Waals surface area (Å²) in [6, 6.07) is 15.8. The fourth-order valence-corrected chi connectivity index (χ4v) is 4.22. The maximum absolute atomic E-state index is 13.4. The topological polar surface area (TPSA) is 60.4 Å². The summed E-state index contributed by atoms with van der Waals surface area (Å²) in [6.45, 7) is 1.78. The minimum atomic E-state index is -4.52. The molecule has 0 aliphatic carbocycles. The number of hydrogen-bond donors (Lipinski definition) is 0. The summed E-state index contributed by atoms with van der Waals surface area (Å²) in [5.74, 6) is -0.653. The molecular formula is C26H14BrF3O4. The van der Waals surface area contributed by atoms with Gasteiger partial charge in [0.15, 0.2) is 5.76 Å². The molecule has 0 aliphatic heterocycles. The highest BCUT2D eigenvalue weighted by Crippen LogP contribution is 2.41. The van der Waals surface area contributed by atoms with Crippen LogP contribution >= 0.6 is 15.9 Å². The van der Waals surface area contributed by atoms with Crippen LogP contribution in [0.1, 0.15) is 27.2 Å². The monoisotopic (exact) mass is 526 g/mol. The Balaban J connectivity index is 1.80. The Bertz CT molecular complexity index is 1630. The van der Waals surface area contributed by atoms with Gasteiger partial charge in [-0.05, 0) is 54.4 Å². The van der Waals surface area contributed by atoms with E-state index in [1.807, 2.05) is 0 Å². The quantitative estimate of drug-likeness (QED) is 0.180. The van der Waals surface area contributed by atoms with Crippen LogP contribution in [-0.4, -0.2) is 5.78 Å². The van der Waals surface area contributed by atoms with Crippen molar-refractivity contribution in [3.8, 4) is 11.1 Å². The lowest BCUT2D eigenvalue weighted by Crippen LogP contribution is -2.06. The van der Waals surface area contributed by atoms with Gasteiger partial charge in [0.05, 0.1) is 10.9 Å². The van der Waals surface area contributed by atoms with Crippen LogP contribution in [0.5, 0.6) is 0 Å². The third-order valence-electron chi connectivity index (χ3n) is 5.58. The summed E-state index contributed by atoms with van der Waals surface area (Å²) in [6.07, 6.45) is -4.52. The van der Waals surface area contributed by atoms with Crippen LogP contribution in [0.25, 0.3) is 33.1 Å². The molecule has 0 amide bonds. The van der Waals surface area contributed by atoms with E-state index >= 15 is 0 Å². The molecule has 8 heteroatoms. The molecule has 0 radical (unpaired) electrons. The highest BCUT2D eigenvalue weighted by atomic mass is 79.9. The fraction of sp³-hybridized carbons (Fsp3) is 0.0769. The standard InChI is InChI=1S/C26H14BrF3O4/c1-13-12-20(31)34-24-18(13)10-11-19-22(24)21(14-4-8-17(27)9-5-14)25(33-19)23(32)15-2-6-16(7-3-15)26(28,29)30/h2-12H,1H3. The number of benzene rings is 3. The minimum absolute atomic E-state index is 0.0346. The predicted molar refractivity (Wildman–Crippen MR) is 125 cm³/mol. The average molecular weight is 527 g/mol. The first-order chi connectivity index (χ1) is 16.1. The van der Waals surface area contributed by atoms with Crippen LogP contribution in [0.3, 0.4) is 0 Å². The Morgan fingerprint density at radius 2 is 1.59 bits per heavy atom. The second-order valence-electron chi connectivity index (χ2n) is 7.78. The molecule has 0 N–H and O–H groups in total. The van der Waals surface area contributed by atoms with Crippen molar-refractivity contribution in [3.05, 3.63) is 104 Å². The summed E-state index contributed by atoms with van der Waals surface area (Å²) in [5.41, 5.74) is 0.936. The Kier molecular flexibility index (Phi) is 5.20. The van der Waals surface area contributed by atoms with Crippen molar-refractivity contribution < 1.29 is 26.8 Å². The fourth-order valence-electron chi connectivity index (χ4n) is 3.96. The zero-order valence-electron chi connectivity index (χ0n) is 17.5. The van der Waals surface area contributed by atoms with Gasteiger partial charge >= 0.3 is 11.8 Å². The smallest absolute Gasteiger partial charge is 0.416 e. The number of hydrogen-bond acceptors (Lipinski definition) is 4. The van der Waals surface area contributed by atoms with Gasteiger partial charge in [-0.25, -0.2) is 4.79 Å². The Labute approximate surface area is 198 Å². The van der Waals surface area contributed by atoms with Gasteiger partial charge in [0, 0.05) is 27.1 Å². The molecule has 0 saturated carbocycles. The zero-order chi connectivity index (χ0) is 24.2. The van der Waals surface area contributed by atoms with Crippen LogP contribution in [0.15, 0.2) is 84.8 Å². The molecule has 4 nitrogen and oxygen atoms in total. The van der Waals surface area contributed by atoms with Gasteiger partial charge in [-0.1, -0.05) is 40.2 Å². The minimum Gasteiger partial charge on any atom is -0.452 e. The third kappa shape index (κ3) is 3.74. The molecule has 0 spiro atoms. The van der Waals surface area contributed by atoms with Crippen LogP contribution in [-0.2, 0) is 6.18 Å². The van der Waals surface area contributed by atoms with E-state index in [1.165, 1.54) is 6.07 Å². The molecule has 0 fully saturated rings. The van der Waals surface area contributed by atoms with E-state index in [4.69, 9.17) is 8.83 Å². The molecule has 2 aromatic heterocycles. The van der Waals surface area contributed by atoms with E-state index in [0.29, 0.717) is 33.0 Å². The van der Waals surface area contributed by atoms with E-state index in [1.54, 1.807) is 43.3 Å². The van der Waals surface area contributed by atoms with Crippen molar-refractivity contribution >= 4 is 43.7 Å². The van der Waals surface area contributed by atoms with E-state index in [9.17, 15) is 22.8 Å². The van der Waals surface area contributed by atoms with E-state index in [0.717, 1.165) is 28.7 Å². The van der Waals surface area contributed by atoms with Gasteiger partial charge < -0.3 is 8.83 Å². The molecule has 0 bridgehead atoms. The molecule has 5 rings (SSSR count). The number of rotatable bonds is 3. The lowest BCUT2D eigenvalue weighted by Gasteiger charge is -2.08. The van der Waals surface area contributed by atoms with Crippen molar-refractivity contribution in [1.82, 2.24) is 0 Å². The SMILES string of the molecule is Cc1cc(=O)oc2c1ccc1oc(C(=O)c3ccc(C(F)(F)F)cc3)c(-c3ccc(Br)cc3)c12. The first-order valence-corrected chi connectivity index (χ1v) is 10.9. The average Bonchev–Trinajstić information content (AvgIpc) is 3.18. The second-order valence-corrected chi connectivity index (χ2v) is 8.70. The highest BCUT2D eigenvalue weighted by molar-refractivity contribution is 9.10. The van der Waals surface area contributed by atoms with Gasteiger partial charge in [-0.15, -0.1) is 0 Å². The largest absolute Gasteiger partial charge is 0.452 e. The van der Waals surface area contributed by atoms with Crippen LogP contribution in [0.4, 0.5) is 13.2 Å². The van der Waals surface area contributed by atoms with Crippen molar-refractivity contribution in [2.75, 3.05) is 0 Å². The molecule has 5 aromatic rings. The number of furan rings is 1. The summed E-state index contributed by atoms with van der Waals surface area (Å²) in [7, 11) is 0. The Morgan fingerprint density at radius 3 is 2.24 bits per heavy atom. The molecule has 3 aromatic carbocycles. The number of aryl methyl sites for hydroxylation is 1. The summed E-state index contributed by atoms with van der Waals surface area (Å²) >= 11 is 3.38. The number of carbonyl (C=O) groups excluding carboxylic acids is 1. The molecule has 2 heterocycles. The third-order valence-corrected chi connectivity index (χ3v) is 6.11. The van der Waals surface area contributed by atoms with Crippen molar-refractivity contribution in [1.29, 1.82) is 0 Å². The first-order valence-electron chi connectivity index (χ1n) is 10.1. The second kappa shape index (κ2) is 7.99. The number of ketones is 1. The molecule has 0 saturated heterocycles. The summed E-state index contributed by atoms with van der Waals surface area (Å²) in [5, 5.41) is 1.12. The molecular weight excluding hydrogens is 513 g/mol. The van der Waals surface area contributed by atoms with Crippen molar-refractivity contribution in [2.45, 2.75) is 13.1 Å². The normalized spacial score (nSPS) is 11.9. The van der Waals surface area contributed by atoms with Crippen LogP contribution in [0, 0.1) is 6.92 Å². The van der Waals surface area contributed by atoms with Gasteiger partial charge in [-0.2, -0.15) is 13.2 Å². The number of carbonyl (C=O) groups is 1. The van der Waals surface area contributed by atoms with Gasteiger partial charge in [0.2, 0.25) is 5.78 Å². The van der Waals surface area contributed by atoms with E-state index in [-0.39, 0.29) is 16.9 Å². The maximum atomic E-state index is 13.4. The van der Waals surface area contributed by atoms with E-state index in [2.05, 4.69) is 15.9 Å². The van der Waals surface area contributed by atoms with Gasteiger partial charge in [-0.3, -0.25) is 4.79 Å². The van der Waals surface area contributed by atoms with Crippen LogP contribution in [0.2, 0.25) is 0 Å². The molecule has 170 valence electrons. The lowest BCUT2D eigenvalue weighted by molar-refractivity contribution is -0.137. The van der Waals surface area contributed by atoms with Crippen molar-refractivity contribution in [3.63, 3.8) is 0 Å². The highest BCUT2D eigenvalue weighted by Gasteiger charge is 2.31. The number of halogens is 4. The zero-order valence-corrected chi connectivity index (χ0v) is 19.1. The number of alkyl halides is 3. The molecule has 0 unspecified atom stereocenters.